The average molecular weight is 349 g/mol. The first-order valence-electron chi connectivity index (χ1n) is 9.50. The van der Waals surface area contributed by atoms with Crippen LogP contribution in [0.1, 0.15) is 43.9 Å². The summed E-state index contributed by atoms with van der Waals surface area (Å²) in [5.74, 6) is 0.884. The highest BCUT2D eigenvalue weighted by Gasteiger charge is 1.80. The molecule has 26 heavy (non-hydrogen) atoms. The number of hydrogen-bond donors (Lipinski definition) is 0. The second-order valence-electron chi connectivity index (χ2n) is 6.77. The summed E-state index contributed by atoms with van der Waals surface area (Å²) >= 11 is 0. The summed E-state index contributed by atoms with van der Waals surface area (Å²) in [5, 5.41) is 0. The lowest BCUT2D eigenvalue weighted by Crippen LogP contribution is -1.77. The van der Waals surface area contributed by atoms with E-state index in [4.69, 9.17) is 0 Å². The predicted octanol–water partition coefficient (Wildman–Crippen LogP) is 8.04. The summed E-state index contributed by atoms with van der Waals surface area (Å²) in [6.07, 6.45) is 1.31. The summed E-state index contributed by atoms with van der Waals surface area (Å²) in [7, 11) is 0. The summed E-state index contributed by atoms with van der Waals surface area (Å²) in [4.78, 5) is 0. The summed E-state index contributed by atoms with van der Waals surface area (Å²) in [6.45, 7) is 12.9. The van der Waals surface area contributed by atoms with Gasteiger partial charge < -0.3 is 0 Å². The molecule has 0 unspecified atom stereocenters. The minimum atomic E-state index is 0.884. The van der Waals surface area contributed by atoms with Crippen LogP contribution in [0.4, 0.5) is 0 Å². The van der Waals surface area contributed by atoms with Crippen molar-refractivity contribution in [3.63, 3.8) is 0 Å². The van der Waals surface area contributed by atoms with Gasteiger partial charge in [0.2, 0.25) is 0 Å². The smallest absolute Gasteiger partial charge is 0.0398 e. The molecule has 0 atom stereocenters. The zero-order valence-corrected chi connectivity index (χ0v) is 17.4. The largest absolute Gasteiger partial charge is 0.0651 e. The minimum Gasteiger partial charge on any atom is -0.0651 e. The molecule has 3 rings (SSSR count). The van der Waals surface area contributed by atoms with Gasteiger partial charge in [0.25, 0.3) is 0 Å². The van der Waals surface area contributed by atoms with E-state index in [1.807, 2.05) is 54.6 Å². The van der Waals surface area contributed by atoms with E-state index in [2.05, 4.69) is 77.9 Å². The van der Waals surface area contributed by atoms with Crippen LogP contribution in [-0.2, 0) is 0 Å². The molecule has 0 amide bonds. The summed E-state index contributed by atoms with van der Waals surface area (Å²) in [6, 6.07) is 30.8. The second kappa shape index (κ2) is 16.1. The zero-order chi connectivity index (χ0) is 19.6. The highest BCUT2D eigenvalue weighted by molar-refractivity contribution is 5.13. The Kier molecular flexibility index (Phi) is 14.7. The topological polar surface area (TPSA) is 0 Å². The molecule has 0 aliphatic carbocycles. The van der Waals surface area contributed by atoms with E-state index >= 15 is 0 Å². The van der Waals surface area contributed by atoms with E-state index in [9.17, 15) is 0 Å². The fourth-order valence-electron chi connectivity index (χ4n) is 1.60. The van der Waals surface area contributed by atoms with Crippen LogP contribution in [0.5, 0.6) is 0 Å². The van der Waals surface area contributed by atoms with Gasteiger partial charge in [0.05, 0.1) is 0 Å². The van der Waals surface area contributed by atoms with E-state index in [1.54, 1.807) is 0 Å². The summed E-state index contributed by atoms with van der Waals surface area (Å²) in [5.41, 5.74) is 3.97. The van der Waals surface area contributed by atoms with Gasteiger partial charge in [-0.05, 0) is 26.7 Å². The second-order valence-corrected chi connectivity index (χ2v) is 6.77. The van der Waals surface area contributed by atoms with Crippen molar-refractivity contribution in [3.8, 4) is 0 Å². The van der Waals surface area contributed by atoms with Gasteiger partial charge in [0.15, 0.2) is 0 Å². The van der Waals surface area contributed by atoms with Crippen LogP contribution in [0.2, 0.25) is 0 Å². The normalized spacial score (nSPS) is 8.88. The molecule has 0 N–H and O–H groups in total. The molecule has 0 saturated heterocycles. The lowest BCUT2D eigenvalue weighted by Gasteiger charge is -1.90. The SMILES string of the molecule is CCC(C)C.Cc1ccccc1.Cc1ccccc1.Cc1ccccc1. The van der Waals surface area contributed by atoms with Gasteiger partial charge >= 0.3 is 0 Å². The van der Waals surface area contributed by atoms with Crippen molar-refractivity contribution in [2.75, 3.05) is 0 Å². The number of benzene rings is 3. The van der Waals surface area contributed by atoms with Crippen molar-refractivity contribution in [1.82, 2.24) is 0 Å². The third-order valence-electron chi connectivity index (χ3n) is 3.64. The molecule has 0 bridgehead atoms. The molecule has 0 heteroatoms. The van der Waals surface area contributed by atoms with Crippen LogP contribution in [0.25, 0.3) is 0 Å². The van der Waals surface area contributed by atoms with Gasteiger partial charge in [-0.25, -0.2) is 0 Å². The Hall–Kier alpha value is -2.34. The summed E-state index contributed by atoms with van der Waals surface area (Å²) < 4.78 is 0. The maximum Gasteiger partial charge on any atom is -0.0398 e. The molecule has 0 fully saturated rings. The molecular formula is C26H36. The van der Waals surface area contributed by atoms with Crippen LogP contribution >= 0.6 is 0 Å². The maximum atomic E-state index is 2.22. The maximum absolute atomic E-state index is 2.22. The molecule has 0 aromatic heterocycles. The van der Waals surface area contributed by atoms with Gasteiger partial charge in [0.1, 0.15) is 0 Å². The molecule has 0 aliphatic rings. The molecule has 0 heterocycles. The fourth-order valence-corrected chi connectivity index (χ4v) is 1.60. The molecule has 0 radical (unpaired) electrons. The Bertz CT molecular complexity index is 536. The molecule has 3 aromatic rings. The number of aryl methyl sites for hydroxylation is 3. The Labute approximate surface area is 161 Å². The molecule has 0 spiro atoms. The Morgan fingerprint density at radius 1 is 0.500 bits per heavy atom. The van der Waals surface area contributed by atoms with Crippen molar-refractivity contribution >= 4 is 0 Å². The van der Waals surface area contributed by atoms with E-state index in [1.165, 1.54) is 23.1 Å². The highest BCUT2D eigenvalue weighted by atomic mass is 13.9. The lowest BCUT2D eigenvalue weighted by molar-refractivity contribution is 0.626. The Morgan fingerprint density at radius 3 is 0.769 bits per heavy atom. The average Bonchev–Trinajstić information content (AvgIpc) is 2.65. The molecule has 0 aliphatic heterocycles. The van der Waals surface area contributed by atoms with Gasteiger partial charge in [-0.15, -0.1) is 0 Å². The number of hydrogen-bond acceptors (Lipinski definition) is 0. The monoisotopic (exact) mass is 348 g/mol. The Morgan fingerprint density at radius 2 is 0.692 bits per heavy atom. The van der Waals surface area contributed by atoms with Gasteiger partial charge in [0, 0.05) is 0 Å². The van der Waals surface area contributed by atoms with Crippen LogP contribution in [0.3, 0.4) is 0 Å². The van der Waals surface area contributed by atoms with E-state index in [0.717, 1.165) is 5.92 Å². The van der Waals surface area contributed by atoms with Crippen LogP contribution in [0, 0.1) is 26.7 Å². The molecule has 3 aromatic carbocycles. The number of rotatable bonds is 1. The molecular weight excluding hydrogens is 312 g/mol. The van der Waals surface area contributed by atoms with Gasteiger partial charge in [-0.3, -0.25) is 0 Å². The quantitative estimate of drug-likeness (QED) is 0.417. The minimum absolute atomic E-state index is 0.884. The Balaban J connectivity index is 0.000000324. The van der Waals surface area contributed by atoms with Crippen molar-refractivity contribution < 1.29 is 0 Å². The predicted molar refractivity (Wildman–Crippen MR) is 119 cm³/mol. The third-order valence-corrected chi connectivity index (χ3v) is 3.64. The van der Waals surface area contributed by atoms with Crippen molar-refractivity contribution in [3.05, 3.63) is 108 Å². The van der Waals surface area contributed by atoms with E-state index in [-0.39, 0.29) is 0 Å². The van der Waals surface area contributed by atoms with Crippen molar-refractivity contribution in [2.24, 2.45) is 5.92 Å². The van der Waals surface area contributed by atoms with E-state index in [0.29, 0.717) is 0 Å². The molecule has 0 nitrogen and oxygen atoms in total. The molecule has 0 saturated carbocycles. The first kappa shape index (κ1) is 23.7. The van der Waals surface area contributed by atoms with Crippen LogP contribution < -0.4 is 0 Å². The third kappa shape index (κ3) is 16.5. The van der Waals surface area contributed by atoms with Crippen LogP contribution in [-0.4, -0.2) is 0 Å². The van der Waals surface area contributed by atoms with Crippen LogP contribution in [0.15, 0.2) is 91.0 Å². The van der Waals surface area contributed by atoms with E-state index < -0.39 is 0 Å². The zero-order valence-electron chi connectivity index (χ0n) is 17.4. The van der Waals surface area contributed by atoms with Gasteiger partial charge in [-0.2, -0.15) is 0 Å². The van der Waals surface area contributed by atoms with Gasteiger partial charge in [-0.1, -0.05) is 135 Å². The fraction of sp³-hybridized carbons (Fsp3) is 0.308. The highest BCUT2D eigenvalue weighted by Crippen LogP contribution is 1.94. The first-order chi connectivity index (χ1) is 12.5. The van der Waals surface area contributed by atoms with Crippen molar-refractivity contribution in [2.45, 2.75) is 48.0 Å². The standard InChI is InChI=1S/3C7H8.C5H12/c3*1-7-5-3-2-4-6-7;1-4-5(2)3/h3*2-6H,1H3;5H,4H2,1-3H3. The molecule has 140 valence electrons. The first-order valence-corrected chi connectivity index (χ1v) is 9.50. The lowest BCUT2D eigenvalue weighted by atomic mass is 10.2. The van der Waals surface area contributed by atoms with Crippen molar-refractivity contribution in [1.29, 1.82) is 0 Å².